The van der Waals surface area contributed by atoms with Gasteiger partial charge in [-0.2, -0.15) is 0 Å². The van der Waals surface area contributed by atoms with E-state index >= 15 is 0 Å². The minimum atomic E-state index is -0.712. The molecule has 0 spiro atoms. The van der Waals surface area contributed by atoms with Gasteiger partial charge in [0.15, 0.2) is 0 Å². The molecule has 0 bridgehead atoms. The highest BCUT2D eigenvalue weighted by atomic mass is 16.6. The maximum absolute atomic E-state index is 9.35. The lowest BCUT2D eigenvalue weighted by molar-refractivity contribution is -0.379. The van der Waals surface area contributed by atoms with E-state index in [2.05, 4.69) is 5.32 Å². The Morgan fingerprint density at radius 2 is 2.43 bits per heavy atom. The summed E-state index contributed by atoms with van der Waals surface area (Å²) < 4.78 is 0. The van der Waals surface area contributed by atoms with Gasteiger partial charge in [0.25, 0.3) is 0 Å². The molecule has 0 heterocycles. The van der Waals surface area contributed by atoms with Crippen LogP contribution in [-0.2, 0) is 0 Å². The molecule has 4 nitrogen and oxygen atoms in total. The Balaban J connectivity index is 3.45. The zero-order valence-corrected chi connectivity index (χ0v) is 3.76. The zero-order valence-electron chi connectivity index (χ0n) is 3.76. The maximum atomic E-state index is 9.35. The molecule has 1 N–H and O–H groups in total. The Bertz CT molecular complexity index is 121. The van der Waals surface area contributed by atoms with Crippen molar-refractivity contribution in [1.29, 1.82) is 0 Å². The predicted molar refractivity (Wildman–Crippen MR) is 23.8 cm³/mol. The van der Waals surface area contributed by atoms with Gasteiger partial charge in [-0.25, -0.2) is 10.1 Å². The topological polar surface area (TPSA) is 55.2 Å². The summed E-state index contributed by atoms with van der Waals surface area (Å²) in [6.07, 6.45) is 0. The number of rotatable bonds is 0. The predicted octanol–water partition coefficient (Wildman–Crippen LogP) is -0.599. The van der Waals surface area contributed by atoms with Gasteiger partial charge in [0.2, 0.25) is 0 Å². The number of hydrogen-bond donors (Lipinski definition) is 1. The summed E-state index contributed by atoms with van der Waals surface area (Å²) in [6, 6.07) is 3.70. The van der Waals surface area contributed by atoms with E-state index in [1.807, 2.05) is 6.04 Å². The van der Waals surface area contributed by atoms with Crippen molar-refractivity contribution in [3.63, 3.8) is 0 Å². The van der Waals surface area contributed by atoms with Crippen LogP contribution in [0.5, 0.6) is 0 Å². The number of hydrogen-bond acceptors (Lipinski definition) is 3. The molecule has 0 rings (SSSR count). The van der Waals surface area contributed by atoms with Crippen LogP contribution in [0.2, 0.25) is 0 Å². The third-order valence-electron chi connectivity index (χ3n) is 0.272. The first-order chi connectivity index (χ1) is 3.27. The molecule has 0 aromatic heterocycles. The first-order valence-corrected chi connectivity index (χ1v) is 1.59. The Morgan fingerprint density at radius 1 is 1.86 bits per heavy atom. The van der Waals surface area contributed by atoms with Crippen LogP contribution in [0.25, 0.3) is 0 Å². The van der Waals surface area contributed by atoms with Crippen molar-refractivity contribution in [3.05, 3.63) is 10.1 Å². The van der Waals surface area contributed by atoms with E-state index in [-0.39, 0.29) is 0 Å². The second-order valence-electron chi connectivity index (χ2n) is 0.744. The molecular weight excluding hydrogens is 96.0 g/mol. The van der Waals surface area contributed by atoms with Crippen LogP contribution in [0.15, 0.2) is 0 Å². The fourth-order valence-corrected chi connectivity index (χ4v) is 0.102. The molecule has 0 atom stereocenters. The van der Waals surface area contributed by atoms with Crippen molar-refractivity contribution >= 4 is 0 Å². The molecule has 7 heavy (non-hydrogen) atoms. The van der Waals surface area contributed by atoms with Gasteiger partial charge in [-0.15, -0.1) is 0 Å². The van der Waals surface area contributed by atoms with Crippen molar-refractivity contribution < 1.29 is 4.92 Å². The molecule has 0 radical (unpaired) electrons. The smallest absolute Gasteiger partial charge is 0.313 e. The van der Waals surface area contributed by atoms with Crippen molar-refractivity contribution in [2.24, 2.45) is 0 Å². The molecule has 0 fully saturated rings. The number of nitrogens with zero attached hydrogens (tertiary/aromatic N) is 1. The lowest BCUT2D eigenvalue weighted by atomic mass is 11.0. The highest BCUT2D eigenvalue weighted by Crippen LogP contribution is 1.53. The molecule has 4 heteroatoms. The average molecular weight is 100 g/mol. The van der Waals surface area contributed by atoms with Crippen LogP contribution in [-0.4, -0.2) is 12.0 Å². The van der Waals surface area contributed by atoms with Crippen molar-refractivity contribution in [3.8, 4) is 12.1 Å². The Hall–Kier alpha value is -1.24. The fraction of sp³-hybridized carbons (Fsp3) is 0.333. The monoisotopic (exact) mass is 100 g/mol. The molecule has 0 aliphatic rings. The fourth-order valence-electron chi connectivity index (χ4n) is 0.102. The summed E-state index contributed by atoms with van der Waals surface area (Å²) in [5, 5.41) is 11.6. The third kappa shape index (κ3) is 4.76. The summed E-state index contributed by atoms with van der Waals surface area (Å²) in [6.45, 7) is 0. The van der Waals surface area contributed by atoms with E-state index < -0.39 is 4.92 Å². The second kappa shape index (κ2) is 2.97. The number of nitro groups is 1. The molecule has 0 saturated carbocycles. The van der Waals surface area contributed by atoms with E-state index in [4.69, 9.17) is 0 Å². The lowest BCUT2D eigenvalue weighted by Crippen LogP contribution is -1.94. The highest BCUT2D eigenvalue weighted by molar-refractivity contribution is 4.84. The van der Waals surface area contributed by atoms with Crippen LogP contribution < -0.4 is 5.32 Å². The SMILES string of the molecule is CNC#C[N+](=O)[O-]. The summed E-state index contributed by atoms with van der Waals surface area (Å²) in [5.41, 5.74) is 0. The van der Waals surface area contributed by atoms with Gasteiger partial charge in [-0.05, 0) is 0 Å². The quantitative estimate of drug-likeness (QED) is 0.191. The van der Waals surface area contributed by atoms with Crippen LogP contribution in [0.1, 0.15) is 0 Å². The van der Waals surface area contributed by atoms with Crippen molar-refractivity contribution in [2.75, 3.05) is 7.05 Å². The second-order valence-corrected chi connectivity index (χ2v) is 0.744. The van der Waals surface area contributed by atoms with E-state index in [1.54, 1.807) is 6.04 Å². The van der Waals surface area contributed by atoms with Gasteiger partial charge >= 0.3 is 6.04 Å². The summed E-state index contributed by atoms with van der Waals surface area (Å²) in [4.78, 5) is 8.64. The van der Waals surface area contributed by atoms with Gasteiger partial charge < -0.3 is 5.32 Å². The normalized spacial score (nSPS) is 5.86. The van der Waals surface area contributed by atoms with Gasteiger partial charge in [0.05, 0.1) is 6.04 Å². The standard InChI is InChI=1S/C3H4N2O2/c1-4-2-3-5(6)7/h4H,1H3. The van der Waals surface area contributed by atoms with Crippen molar-refractivity contribution in [1.82, 2.24) is 5.32 Å². The molecule has 0 aliphatic carbocycles. The lowest BCUT2D eigenvalue weighted by Gasteiger charge is -1.69. The summed E-state index contributed by atoms with van der Waals surface area (Å²) >= 11 is 0. The molecule has 38 valence electrons. The van der Waals surface area contributed by atoms with Crippen LogP contribution in [0.4, 0.5) is 0 Å². The molecule has 0 unspecified atom stereocenters. The Kier molecular flexibility index (Phi) is 2.44. The Morgan fingerprint density at radius 3 is 2.57 bits per heavy atom. The molecule has 0 aromatic rings. The van der Waals surface area contributed by atoms with Gasteiger partial charge in [0, 0.05) is 7.05 Å². The van der Waals surface area contributed by atoms with Crippen molar-refractivity contribution in [2.45, 2.75) is 0 Å². The van der Waals surface area contributed by atoms with E-state index in [1.165, 1.54) is 7.05 Å². The van der Waals surface area contributed by atoms with E-state index in [9.17, 15) is 10.1 Å². The maximum Gasteiger partial charge on any atom is 0.313 e. The molecule has 0 saturated heterocycles. The minimum Gasteiger partial charge on any atom is -0.344 e. The minimum absolute atomic E-state index is 0.712. The molecule has 0 aromatic carbocycles. The first kappa shape index (κ1) is 5.76. The number of nitrogens with one attached hydrogen (secondary N) is 1. The third-order valence-corrected chi connectivity index (χ3v) is 0.272. The largest absolute Gasteiger partial charge is 0.344 e. The van der Waals surface area contributed by atoms with Crippen LogP contribution in [0.3, 0.4) is 0 Å². The first-order valence-electron chi connectivity index (χ1n) is 1.59. The van der Waals surface area contributed by atoms with Gasteiger partial charge in [0.1, 0.15) is 4.92 Å². The highest BCUT2D eigenvalue weighted by Gasteiger charge is 1.76. The summed E-state index contributed by atoms with van der Waals surface area (Å²) in [7, 11) is 1.51. The molecule has 0 amide bonds. The van der Waals surface area contributed by atoms with Gasteiger partial charge in [-0.3, -0.25) is 0 Å². The Labute approximate surface area is 40.7 Å². The van der Waals surface area contributed by atoms with E-state index in [0.717, 1.165) is 0 Å². The molecular formula is C3H4N2O2. The van der Waals surface area contributed by atoms with Gasteiger partial charge in [-0.1, -0.05) is 0 Å². The van der Waals surface area contributed by atoms with E-state index in [0.29, 0.717) is 0 Å². The van der Waals surface area contributed by atoms with Crippen LogP contribution in [0, 0.1) is 22.2 Å². The van der Waals surface area contributed by atoms with Crippen LogP contribution >= 0.6 is 0 Å². The summed E-state index contributed by atoms with van der Waals surface area (Å²) in [5.74, 6) is 0. The molecule has 0 aliphatic heterocycles. The average Bonchev–Trinajstić information content (AvgIpc) is 1.61. The zero-order chi connectivity index (χ0) is 5.70.